The third kappa shape index (κ3) is 2.01. The molecule has 0 bridgehead atoms. The van der Waals surface area contributed by atoms with E-state index in [1.807, 2.05) is 0 Å². The molecule has 1 unspecified atom stereocenters. The molecule has 2 aromatic rings. The molecule has 2 N–H and O–H groups in total. The van der Waals surface area contributed by atoms with E-state index in [2.05, 4.69) is 20.4 Å². The van der Waals surface area contributed by atoms with E-state index in [0.717, 1.165) is 5.82 Å². The van der Waals surface area contributed by atoms with Crippen LogP contribution >= 0.6 is 0 Å². The minimum Gasteiger partial charge on any atom is -0.378 e. The van der Waals surface area contributed by atoms with Gasteiger partial charge in [0.1, 0.15) is 17.1 Å². The van der Waals surface area contributed by atoms with Crippen molar-refractivity contribution in [1.29, 1.82) is 0 Å². The van der Waals surface area contributed by atoms with Gasteiger partial charge in [0.05, 0.1) is 6.61 Å². The summed E-state index contributed by atoms with van der Waals surface area (Å²) in [4.78, 5) is 19.6. The van der Waals surface area contributed by atoms with E-state index < -0.39 is 5.54 Å². The van der Waals surface area contributed by atoms with Crippen LogP contribution in [0.2, 0.25) is 0 Å². The molecule has 3 heterocycles. The van der Waals surface area contributed by atoms with Crippen LogP contribution in [0.15, 0.2) is 24.7 Å². The van der Waals surface area contributed by atoms with E-state index in [-0.39, 0.29) is 5.91 Å². The fraction of sp³-hybridized carbons (Fsp3) is 0.417. The maximum absolute atomic E-state index is 12.3. The Morgan fingerprint density at radius 3 is 3.05 bits per heavy atom. The number of ether oxygens (including phenoxy) is 1. The third-order valence-corrected chi connectivity index (χ3v) is 3.38. The van der Waals surface area contributed by atoms with Gasteiger partial charge in [-0.15, -0.1) is 0 Å². The SMILES string of the molecule is Cn1nccc1C(=O)NC1(c2ncc[nH]2)CCOC1. The van der Waals surface area contributed by atoms with Gasteiger partial charge in [0.15, 0.2) is 0 Å². The summed E-state index contributed by atoms with van der Waals surface area (Å²) in [6, 6.07) is 1.68. The summed E-state index contributed by atoms with van der Waals surface area (Å²) in [5.41, 5.74) is -0.0666. The number of aromatic nitrogens is 4. The monoisotopic (exact) mass is 261 g/mol. The molecule has 3 rings (SSSR count). The van der Waals surface area contributed by atoms with E-state index >= 15 is 0 Å². The number of nitrogens with zero attached hydrogens (tertiary/aromatic N) is 3. The van der Waals surface area contributed by atoms with Crippen molar-refractivity contribution in [3.63, 3.8) is 0 Å². The molecule has 1 atom stereocenters. The molecule has 0 radical (unpaired) electrons. The summed E-state index contributed by atoms with van der Waals surface area (Å²) < 4.78 is 6.98. The Morgan fingerprint density at radius 1 is 1.58 bits per heavy atom. The van der Waals surface area contributed by atoms with E-state index in [4.69, 9.17) is 4.74 Å². The molecule has 19 heavy (non-hydrogen) atoms. The van der Waals surface area contributed by atoms with E-state index in [0.29, 0.717) is 25.3 Å². The summed E-state index contributed by atoms with van der Waals surface area (Å²) in [5.74, 6) is 0.544. The summed E-state index contributed by atoms with van der Waals surface area (Å²) in [6.45, 7) is 1.02. The lowest BCUT2D eigenvalue weighted by atomic mass is 9.97. The minimum atomic E-state index is -0.579. The fourth-order valence-corrected chi connectivity index (χ4v) is 2.31. The van der Waals surface area contributed by atoms with Gasteiger partial charge in [-0.3, -0.25) is 9.48 Å². The predicted molar refractivity (Wildman–Crippen MR) is 66.4 cm³/mol. The van der Waals surface area contributed by atoms with Crippen molar-refractivity contribution in [2.75, 3.05) is 13.2 Å². The molecule has 0 spiro atoms. The van der Waals surface area contributed by atoms with E-state index in [1.54, 1.807) is 36.4 Å². The van der Waals surface area contributed by atoms with Gasteiger partial charge in [-0.2, -0.15) is 5.10 Å². The summed E-state index contributed by atoms with van der Waals surface area (Å²) >= 11 is 0. The van der Waals surface area contributed by atoms with Crippen molar-refractivity contribution in [2.24, 2.45) is 7.05 Å². The lowest BCUT2D eigenvalue weighted by molar-refractivity contribution is 0.0860. The highest BCUT2D eigenvalue weighted by Crippen LogP contribution is 2.28. The second-order valence-electron chi connectivity index (χ2n) is 4.62. The zero-order valence-corrected chi connectivity index (χ0v) is 10.6. The summed E-state index contributed by atoms with van der Waals surface area (Å²) in [6.07, 6.45) is 5.71. The highest BCUT2D eigenvalue weighted by atomic mass is 16.5. The van der Waals surface area contributed by atoms with Crippen LogP contribution in [0.5, 0.6) is 0 Å². The first-order chi connectivity index (χ1) is 9.21. The van der Waals surface area contributed by atoms with Crippen LogP contribution in [0.4, 0.5) is 0 Å². The van der Waals surface area contributed by atoms with Crippen molar-refractivity contribution in [3.8, 4) is 0 Å². The van der Waals surface area contributed by atoms with Crippen LogP contribution in [0, 0.1) is 0 Å². The van der Waals surface area contributed by atoms with Gasteiger partial charge in [-0.05, 0) is 6.07 Å². The number of nitrogens with one attached hydrogen (secondary N) is 2. The molecule has 7 nitrogen and oxygen atoms in total. The molecule has 0 saturated carbocycles. The number of H-pyrrole nitrogens is 1. The molecule has 1 aliphatic heterocycles. The Kier molecular flexibility index (Phi) is 2.83. The lowest BCUT2D eigenvalue weighted by Gasteiger charge is -2.26. The van der Waals surface area contributed by atoms with Gasteiger partial charge in [-0.1, -0.05) is 0 Å². The third-order valence-electron chi connectivity index (χ3n) is 3.38. The molecule has 1 amide bonds. The molecule has 7 heteroatoms. The largest absolute Gasteiger partial charge is 0.378 e. The standard InChI is InChI=1S/C12H15N5O2/c1-17-9(2-4-15-17)10(18)16-12(3-7-19-8-12)11-13-5-6-14-11/h2,4-6H,3,7-8H2,1H3,(H,13,14)(H,16,18). The lowest BCUT2D eigenvalue weighted by Crippen LogP contribution is -2.47. The maximum atomic E-state index is 12.3. The first-order valence-corrected chi connectivity index (χ1v) is 6.09. The van der Waals surface area contributed by atoms with Gasteiger partial charge in [0.2, 0.25) is 0 Å². The van der Waals surface area contributed by atoms with Gasteiger partial charge in [0.25, 0.3) is 5.91 Å². The average Bonchev–Trinajstić information content (AvgIpc) is 3.08. The number of carbonyl (C=O) groups is 1. The topological polar surface area (TPSA) is 84.8 Å². The molecule has 1 saturated heterocycles. The number of hydrogen-bond donors (Lipinski definition) is 2. The molecule has 100 valence electrons. The van der Waals surface area contributed by atoms with Crippen LogP contribution in [0.1, 0.15) is 22.7 Å². The Morgan fingerprint density at radius 2 is 2.47 bits per heavy atom. The molecule has 0 aliphatic carbocycles. The van der Waals surface area contributed by atoms with Crippen molar-refractivity contribution >= 4 is 5.91 Å². The highest BCUT2D eigenvalue weighted by Gasteiger charge is 2.41. The summed E-state index contributed by atoms with van der Waals surface area (Å²) in [5, 5.41) is 7.02. The van der Waals surface area contributed by atoms with Gasteiger partial charge >= 0.3 is 0 Å². The predicted octanol–water partition coefficient (Wildman–Crippen LogP) is 0.189. The number of rotatable bonds is 3. The molecule has 1 fully saturated rings. The highest BCUT2D eigenvalue weighted by molar-refractivity contribution is 5.93. The number of imidazole rings is 1. The van der Waals surface area contributed by atoms with Gasteiger partial charge in [0, 0.05) is 38.7 Å². The Hall–Kier alpha value is -2.15. The molecule has 0 aromatic carbocycles. The Bertz CT molecular complexity index is 569. The molecule has 2 aromatic heterocycles. The fourth-order valence-electron chi connectivity index (χ4n) is 2.31. The molecular formula is C12H15N5O2. The normalized spacial score (nSPS) is 22.6. The first-order valence-electron chi connectivity index (χ1n) is 6.09. The van der Waals surface area contributed by atoms with E-state index in [9.17, 15) is 4.79 Å². The summed E-state index contributed by atoms with van der Waals surface area (Å²) in [7, 11) is 1.74. The van der Waals surface area contributed by atoms with Crippen molar-refractivity contribution in [3.05, 3.63) is 36.2 Å². The Balaban J connectivity index is 1.87. The van der Waals surface area contributed by atoms with Crippen LogP contribution in [-0.4, -0.2) is 38.9 Å². The quantitative estimate of drug-likeness (QED) is 0.826. The molecule has 1 aliphatic rings. The number of carbonyl (C=O) groups excluding carboxylic acids is 1. The Labute approximate surface area is 110 Å². The van der Waals surface area contributed by atoms with Crippen molar-refractivity contribution in [2.45, 2.75) is 12.0 Å². The second-order valence-corrected chi connectivity index (χ2v) is 4.62. The zero-order chi connectivity index (χ0) is 13.3. The van der Waals surface area contributed by atoms with E-state index in [1.165, 1.54) is 0 Å². The van der Waals surface area contributed by atoms with Crippen LogP contribution in [-0.2, 0) is 17.3 Å². The van der Waals surface area contributed by atoms with Crippen molar-refractivity contribution < 1.29 is 9.53 Å². The first kappa shape index (κ1) is 11.9. The van der Waals surface area contributed by atoms with Crippen LogP contribution < -0.4 is 5.32 Å². The van der Waals surface area contributed by atoms with Crippen molar-refractivity contribution in [1.82, 2.24) is 25.1 Å². The average molecular weight is 261 g/mol. The number of aromatic amines is 1. The number of aryl methyl sites for hydroxylation is 1. The zero-order valence-electron chi connectivity index (χ0n) is 10.6. The van der Waals surface area contributed by atoms with Crippen LogP contribution in [0.25, 0.3) is 0 Å². The maximum Gasteiger partial charge on any atom is 0.270 e. The second kappa shape index (κ2) is 4.51. The molecular weight excluding hydrogens is 246 g/mol. The smallest absolute Gasteiger partial charge is 0.270 e. The minimum absolute atomic E-state index is 0.179. The van der Waals surface area contributed by atoms with Gasteiger partial charge < -0.3 is 15.0 Å². The number of hydrogen-bond acceptors (Lipinski definition) is 4. The number of amides is 1. The van der Waals surface area contributed by atoms with Crippen LogP contribution in [0.3, 0.4) is 0 Å². The van der Waals surface area contributed by atoms with Gasteiger partial charge in [-0.25, -0.2) is 4.98 Å².